The maximum atomic E-state index is 2.08. The Balaban J connectivity index is -0.000000211. The normalized spacial score (nSPS) is 7.00. The van der Waals surface area contributed by atoms with Crippen LogP contribution in [0, 0.1) is 13.8 Å². The summed E-state index contributed by atoms with van der Waals surface area (Å²) >= 11 is 0. The minimum atomic E-state index is 1.32. The highest BCUT2D eigenvalue weighted by Crippen LogP contribution is 1.92. The zero-order chi connectivity index (χ0) is 16.2. The smallest absolute Gasteiger partial charge is 0.0398 e. The van der Waals surface area contributed by atoms with Crippen molar-refractivity contribution in [2.45, 2.75) is 55.4 Å². The van der Waals surface area contributed by atoms with Crippen molar-refractivity contribution in [1.82, 2.24) is 0 Å². The summed E-state index contributed by atoms with van der Waals surface area (Å²) in [5.74, 6) is 0. The Morgan fingerprint density at radius 3 is 0.700 bits per heavy atom. The van der Waals surface area contributed by atoms with Gasteiger partial charge in [0.15, 0.2) is 0 Å². The maximum Gasteiger partial charge on any atom is -0.0398 e. The molecule has 2 rings (SSSR count). The van der Waals surface area contributed by atoms with E-state index in [-0.39, 0.29) is 0 Å². The zero-order valence-corrected chi connectivity index (χ0v) is 14.8. The fraction of sp³-hybridized carbons (Fsp3) is 0.400. The molecule has 2 aromatic rings. The number of hydrogen-bond donors (Lipinski definition) is 0. The lowest BCUT2D eigenvalue weighted by Crippen LogP contribution is -1.62. The van der Waals surface area contributed by atoms with Crippen LogP contribution in [-0.4, -0.2) is 0 Å². The first-order valence-electron chi connectivity index (χ1n) is 7.82. The molecule has 0 aromatic heterocycles. The highest BCUT2D eigenvalue weighted by molar-refractivity contribution is 5.12. The molecule has 0 aliphatic carbocycles. The van der Waals surface area contributed by atoms with Crippen molar-refractivity contribution in [3.05, 3.63) is 71.8 Å². The lowest BCUT2D eigenvalue weighted by molar-refractivity contribution is 1.48. The van der Waals surface area contributed by atoms with Gasteiger partial charge < -0.3 is 0 Å². The highest BCUT2D eigenvalue weighted by Gasteiger charge is 1.72. The molecule has 0 heterocycles. The molecule has 0 aliphatic heterocycles. The molecule has 0 saturated heterocycles. The van der Waals surface area contributed by atoms with E-state index in [1.807, 2.05) is 77.9 Å². The van der Waals surface area contributed by atoms with Gasteiger partial charge in [-0.15, -0.1) is 0 Å². The van der Waals surface area contributed by atoms with Crippen molar-refractivity contribution in [3.8, 4) is 0 Å². The molecule has 114 valence electrons. The Bertz CT molecular complexity index is 297. The van der Waals surface area contributed by atoms with Crippen LogP contribution in [0.5, 0.6) is 0 Å². The summed E-state index contributed by atoms with van der Waals surface area (Å²) in [4.78, 5) is 0. The number of rotatable bonds is 0. The standard InChI is InChI=1S/2C7H8.3C2H6/c2*1-7-5-3-2-4-6-7;3*1-2/h2*2-6H,1H3;3*1-2H3. The minimum absolute atomic E-state index is 1.32. The lowest BCUT2D eigenvalue weighted by atomic mass is 10.2. The van der Waals surface area contributed by atoms with Gasteiger partial charge in [0.05, 0.1) is 0 Å². The van der Waals surface area contributed by atoms with E-state index in [0.29, 0.717) is 0 Å². The van der Waals surface area contributed by atoms with Crippen LogP contribution in [0.1, 0.15) is 52.7 Å². The first-order valence-corrected chi connectivity index (χ1v) is 7.82. The Morgan fingerprint density at radius 2 is 0.600 bits per heavy atom. The van der Waals surface area contributed by atoms with Crippen molar-refractivity contribution in [3.63, 3.8) is 0 Å². The van der Waals surface area contributed by atoms with Gasteiger partial charge in [-0.05, 0) is 13.8 Å². The molecule has 0 unspecified atom stereocenters. The third-order valence-electron chi connectivity index (χ3n) is 1.88. The van der Waals surface area contributed by atoms with E-state index < -0.39 is 0 Å². The molecule has 0 spiro atoms. The van der Waals surface area contributed by atoms with E-state index in [0.717, 1.165) is 0 Å². The summed E-state index contributed by atoms with van der Waals surface area (Å²) in [5, 5.41) is 0. The predicted molar refractivity (Wildman–Crippen MR) is 96.4 cm³/mol. The second-order valence-electron chi connectivity index (χ2n) is 3.31. The Hall–Kier alpha value is -1.56. The lowest BCUT2D eigenvalue weighted by Gasteiger charge is -1.82. The fourth-order valence-electron chi connectivity index (χ4n) is 1.07. The van der Waals surface area contributed by atoms with Gasteiger partial charge in [-0.1, -0.05) is 113 Å². The second kappa shape index (κ2) is 22.6. The van der Waals surface area contributed by atoms with E-state index in [1.165, 1.54) is 11.1 Å². The Labute approximate surface area is 127 Å². The van der Waals surface area contributed by atoms with Crippen LogP contribution >= 0.6 is 0 Å². The van der Waals surface area contributed by atoms with E-state index in [1.54, 1.807) is 0 Å². The average Bonchev–Trinajstić information content (AvgIpc) is 2.55. The van der Waals surface area contributed by atoms with Gasteiger partial charge in [0.1, 0.15) is 0 Å². The molecule has 0 nitrogen and oxygen atoms in total. The summed E-state index contributed by atoms with van der Waals surface area (Å²) in [6.45, 7) is 16.2. The molecule has 0 amide bonds. The summed E-state index contributed by atoms with van der Waals surface area (Å²) in [6, 6.07) is 20.5. The molecule has 0 aliphatic rings. The molecular weight excluding hydrogens is 240 g/mol. The van der Waals surface area contributed by atoms with Crippen molar-refractivity contribution in [1.29, 1.82) is 0 Å². The molecule has 0 atom stereocenters. The van der Waals surface area contributed by atoms with Crippen LogP contribution in [0.2, 0.25) is 0 Å². The van der Waals surface area contributed by atoms with Gasteiger partial charge in [0.25, 0.3) is 0 Å². The molecule has 0 radical (unpaired) electrons. The van der Waals surface area contributed by atoms with Gasteiger partial charge >= 0.3 is 0 Å². The predicted octanol–water partition coefficient (Wildman–Crippen LogP) is 7.07. The Morgan fingerprint density at radius 1 is 0.400 bits per heavy atom. The van der Waals surface area contributed by atoms with Crippen LogP contribution in [-0.2, 0) is 0 Å². The Kier molecular flexibility index (Phi) is 26.6. The topological polar surface area (TPSA) is 0 Å². The molecule has 2 aromatic carbocycles. The molecule has 0 saturated carbocycles. The van der Waals surface area contributed by atoms with E-state index in [9.17, 15) is 0 Å². The second-order valence-corrected chi connectivity index (χ2v) is 3.31. The summed E-state index contributed by atoms with van der Waals surface area (Å²) in [6.07, 6.45) is 0. The largest absolute Gasteiger partial charge is 0.0683 e. The first-order chi connectivity index (χ1) is 9.79. The summed E-state index contributed by atoms with van der Waals surface area (Å²) in [7, 11) is 0. The van der Waals surface area contributed by atoms with Gasteiger partial charge in [-0.2, -0.15) is 0 Å². The molecule has 0 heteroatoms. The van der Waals surface area contributed by atoms with Crippen molar-refractivity contribution in [2.75, 3.05) is 0 Å². The molecule has 20 heavy (non-hydrogen) atoms. The van der Waals surface area contributed by atoms with E-state index >= 15 is 0 Å². The first kappa shape index (κ1) is 23.5. The number of benzene rings is 2. The SMILES string of the molecule is CC.CC.CC.Cc1ccccc1.Cc1ccccc1. The third-order valence-corrected chi connectivity index (χ3v) is 1.88. The molecule has 0 fully saturated rings. The molecule has 0 N–H and O–H groups in total. The van der Waals surface area contributed by atoms with Gasteiger partial charge in [0, 0.05) is 0 Å². The fourth-order valence-corrected chi connectivity index (χ4v) is 1.07. The molecule has 0 bridgehead atoms. The van der Waals surface area contributed by atoms with E-state index in [4.69, 9.17) is 0 Å². The van der Waals surface area contributed by atoms with Gasteiger partial charge in [0.2, 0.25) is 0 Å². The summed E-state index contributed by atoms with van der Waals surface area (Å²) < 4.78 is 0. The van der Waals surface area contributed by atoms with Crippen LogP contribution in [0.3, 0.4) is 0 Å². The average molecular weight is 274 g/mol. The van der Waals surface area contributed by atoms with Crippen molar-refractivity contribution < 1.29 is 0 Å². The number of aryl methyl sites for hydroxylation is 2. The molecular formula is C20H34. The van der Waals surface area contributed by atoms with Crippen molar-refractivity contribution >= 4 is 0 Å². The van der Waals surface area contributed by atoms with Gasteiger partial charge in [-0.3, -0.25) is 0 Å². The van der Waals surface area contributed by atoms with Crippen LogP contribution in [0.15, 0.2) is 60.7 Å². The van der Waals surface area contributed by atoms with E-state index in [2.05, 4.69) is 38.1 Å². The van der Waals surface area contributed by atoms with Crippen LogP contribution in [0.25, 0.3) is 0 Å². The monoisotopic (exact) mass is 274 g/mol. The van der Waals surface area contributed by atoms with Crippen LogP contribution in [0.4, 0.5) is 0 Å². The maximum absolute atomic E-state index is 2.08. The summed E-state index contributed by atoms with van der Waals surface area (Å²) in [5.41, 5.74) is 2.64. The number of hydrogen-bond acceptors (Lipinski definition) is 0. The zero-order valence-electron chi connectivity index (χ0n) is 14.8. The minimum Gasteiger partial charge on any atom is -0.0683 e. The highest BCUT2D eigenvalue weighted by atomic mass is 13.8. The van der Waals surface area contributed by atoms with Gasteiger partial charge in [-0.25, -0.2) is 0 Å². The quantitative estimate of drug-likeness (QED) is 0.482. The van der Waals surface area contributed by atoms with Crippen molar-refractivity contribution in [2.24, 2.45) is 0 Å². The third kappa shape index (κ3) is 18.8. The van der Waals surface area contributed by atoms with Crippen LogP contribution < -0.4 is 0 Å².